The van der Waals surface area contributed by atoms with Crippen LogP contribution in [-0.2, 0) is 10.7 Å². The van der Waals surface area contributed by atoms with Crippen LogP contribution in [0.25, 0.3) is 0 Å². The first-order valence-electron chi connectivity index (χ1n) is 5.18. The number of hydrogen-bond acceptors (Lipinski definition) is 1. The predicted octanol–water partition coefficient (Wildman–Crippen LogP) is 3.49. The van der Waals surface area contributed by atoms with Gasteiger partial charge in [0, 0.05) is 17.6 Å². The van der Waals surface area contributed by atoms with Crippen LogP contribution in [-0.4, -0.2) is 12.3 Å². The maximum absolute atomic E-state index is 12.8. The van der Waals surface area contributed by atoms with Gasteiger partial charge in [0.05, 0.1) is 5.56 Å². The van der Waals surface area contributed by atoms with Crippen molar-refractivity contribution in [3.05, 3.63) is 29.8 Å². The molecule has 0 saturated carbocycles. The van der Waals surface area contributed by atoms with E-state index < -0.39 is 18.9 Å². The molecule has 1 saturated heterocycles. The van der Waals surface area contributed by atoms with Crippen LogP contribution in [0.15, 0.2) is 24.3 Å². The van der Waals surface area contributed by atoms with Crippen molar-refractivity contribution in [1.82, 2.24) is 0 Å². The third-order valence-electron chi connectivity index (χ3n) is 2.94. The predicted molar refractivity (Wildman–Crippen MR) is 57.7 cm³/mol. The third kappa shape index (κ3) is 2.03. The van der Waals surface area contributed by atoms with Gasteiger partial charge in [-0.3, -0.25) is 0 Å². The summed E-state index contributed by atoms with van der Waals surface area (Å²) in [5.74, 6) is 0. The van der Waals surface area contributed by atoms with Gasteiger partial charge in [0.25, 0.3) is 0 Å². The molecule has 88 valence electrons. The standard InChI is InChI=1S/C11H12F3OP/c12-11(13,14)9-5-1-2-6-10(9)16(15)7-3-4-8-16/h1-2,5-6H,3-4,7-8H2. The molecule has 0 aliphatic carbocycles. The Hall–Kier alpha value is -0.760. The van der Waals surface area contributed by atoms with Crippen molar-refractivity contribution in [2.45, 2.75) is 19.0 Å². The molecule has 0 N–H and O–H groups in total. The zero-order valence-corrected chi connectivity index (χ0v) is 9.52. The fourth-order valence-electron chi connectivity index (χ4n) is 2.16. The lowest BCUT2D eigenvalue weighted by Crippen LogP contribution is -2.20. The van der Waals surface area contributed by atoms with Gasteiger partial charge in [0.1, 0.15) is 7.14 Å². The van der Waals surface area contributed by atoms with Gasteiger partial charge in [0.2, 0.25) is 0 Å². The molecule has 1 aliphatic rings. The summed E-state index contributed by atoms with van der Waals surface area (Å²) in [5.41, 5.74) is -0.722. The Morgan fingerprint density at radius 3 is 2.19 bits per heavy atom. The molecule has 1 aliphatic heterocycles. The van der Waals surface area contributed by atoms with Gasteiger partial charge >= 0.3 is 6.18 Å². The summed E-state index contributed by atoms with van der Waals surface area (Å²) in [5, 5.41) is 0.0278. The highest BCUT2D eigenvalue weighted by molar-refractivity contribution is 7.72. The van der Waals surface area contributed by atoms with Gasteiger partial charge in [-0.15, -0.1) is 0 Å². The Labute approximate surface area is 92.0 Å². The fourth-order valence-corrected chi connectivity index (χ4v) is 5.33. The molecular weight excluding hydrogens is 236 g/mol. The zero-order valence-electron chi connectivity index (χ0n) is 8.63. The van der Waals surface area contributed by atoms with Crippen LogP contribution in [0, 0.1) is 0 Å². The Kier molecular flexibility index (Phi) is 2.87. The first-order chi connectivity index (χ1) is 7.43. The molecule has 16 heavy (non-hydrogen) atoms. The summed E-state index contributed by atoms with van der Waals surface area (Å²) in [4.78, 5) is 0. The lowest BCUT2D eigenvalue weighted by Gasteiger charge is -2.17. The summed E-state index contributed by atoms with van der Waals surface area (Å²) < 4.78 is 50.6. The van der Waals surface area contributed by atoms with Crippen molar-refractivity contribution >= 4 is 12.4 Å². The summed E-state index contributed by atoms with van der Waals surface area (Å²) >= 11 is 0. The lowest BCUT2D eigenvalue weighted by molar-refractivity contribution is -0.136. The van der Waals surface area contributed by atoms with E-state index in [4.69, 9.17) is 0 Å². The third-order valence-corrected chi connectivity index (χ3v) is 6.28. The SMILES string of the molecule is O=P1(c2ccccc2C(F)(F)F)CCCC1. The summed E-state index contributed by atoms with van der Waals surface area (Å²) in [6, 6.07) is 5.26. The highest BCUT2D eigenvalue weighted by atomic mass is 31.2. The molecule has 0 unspecified atom stereocenters. The van der Waals surface area contributed by atoms with Crippen molar-refractivity contribution in [1.29, 1.82) is 0 Å². The van der Waals surface area contributed by atoms with E-state index in [0.717, 1.165) is 18.9 Å². The molecule has 0 spiro atoms. The van der Waals surface area contributed by atoms with Crippen molar-refractivity contribution in [2.24, 2.45) is 0 Å². The minimum absolute atomic E-state index is 0.0278. The van der Waals surface area contributed by atoms with E-state index in [2.05, 4.69) is 0 Å². The van der Waals surface area contributed by atoms with E-state index in [0.29, 0.717) is 12.3 Å². The molecule has 1 aromatic carbocycles. The molecule has 5 heteroatoms. The van der Waals surface area contributed by atoms with Crippen LogP contribution in [0.4, 0.5) is 13.2 Å². The van der Waals surface area contributed by atoms with Gasteiger partial charge in [-0.05, 0) is 18.9 Å². The summed E-state index contributed by atoms with van der Waals surface area (Å²) in [6.45, 7) is 0. The van der Waals surface area contributed by atoms with Gasteiger partial charge in [-0.25, -0.2) is 0 Å². The molecule has 1 heterocycles. The number of alkyl halides is 3. The topological polar surface area (TPSA) is 17.1 Å². The highest BCUT2D eigenvalue weighted by Crippen LogP contribution is 2.52. The van der Waals surface area contributed by atoms with Crippen molar-refractivity contribution < 1.29 is 17.7 Å². The number of hydrogen-bond donors (Lipinski definition) is 0. The Bertz CT molecular complexity index is 429. The molecule has 2 rings (SSSR count). The molecule has 0 aromatic heterocycles. The number of benzene rings is 1. The smallest absolute Gasteiger partial charge is 0.319 e. The van der Waals surface area contributed by atoms with Crippen LogP contribution in [0.3, 0.4) is 0 Å². The van der Waals surface area contributed by atoms with E-state index in [-0.39, 0.29) is 5.30 Å². The molecule has 0 amide bonds. The van der Waals surface area contributed by atoms with Crippen LogP contribution in [0.5, 0.6) is 0 Å². The molecule has 1 aromatic rings. The van der Waals surface area contributed by atoms with Crippen LogP contribution >= 0.6 is 7.14 Å². The van der Waals surface area contributed by atoms with E-state index in [1.54, 1.807) is 0 Å². The normalized spacial score (nSPS) is 19.9. The largest absolute Gasteiger partial charge is 0.417 e. The fraction of sp³-hybridized carbons (Fsp3) is 0.455. The average molecular weight is 248 g/mol. The average Bonchev–Trinajstić information content (AvgIpc) is 2.65. The van der Waals surface area contributed by atoms with Crippen molar-refractivity contribution in [2.75, 3.05) is 12.3 Å². The van der Waals surface area contributed by atoms with Crippen molar-refractivity contribution in [3.63, 3.8) is 0 Å². The summed E-state index contributed by atoms with van der Waals surface area (Å²) in [7, 11) is -2.78. The molecule has 1 fully saturated rings. The lowest BCUT2D eigenvalue weighted by atomic mass is 10.2. The second kappa shape index (κ2) is 3.92. The van der Waals surface area contributed by atoms with Crippen LogP contribution < -0.4 is 5.30 Å². The first-order valence-corrected chi connectivity index (χ1v) is 7.26. The second-order valence-corrected chi connectivity index (χ2v) is 7.21. The zero-order chi connectivity index (χ0) is 11.8. The quantitative estimate of drug-likeness (QED) is 0.695. The maximum Gasteiger partial charge on any atom is 0.417 e. The van der Waals surface area contributed by atoms with E-state index in [1.807, 2.05) is 0 Å². The Balaban J connectivity index is 2.53. The van der Waals surface area contributed by atoms with Crippen LogP contribution in [0.2, 0.25) is 0 Å². The molecule has 0 radical (unpaired) electrons. The Morgan fingerprint density at radius 2 is 1.62 bits per heavy atom. The second-order valence-electron chi connectivity index (χ2n) is 4.06. The van der Waals surface area contributed by atoms with E-state index in [9.17, 15) is 17.7 Å². The highest BCUT2D eigenvalue weighted by Gasteiger charge is 2.39. The molecule has 1 nitrogen and oxygen atoms in total. The van der Waals surface area contributed by atoms with E-state index >= 15 is 0 Å². The monoisotopic (exact) mass is 248 g/mol. The minimum Gasteiger partial charge on any atom is -0.319 e. The van der Waals surface area contributed by atoms with Gasteiger partial charge < -0.3 is 4.57 Å². The molecule has 0 atom stereocenters. The number of halogens is 3. The van der Waals surface area contributed by atoms with Gasteiger partial charge in [-0.1, -0.05) is 18.2 Å². The Morgan fingerprint density at radius 1 is 1.06 bits per heavy atom. The van der Waals surface area contributed by atoms with Crippen molar-refractivity contribution in [3.8, 4) is 0 Å². The van der Waals surface area contributed by atoms with Gasteiger partial charge in [0.15, 0.2) is 0 Å². The summed E-state index contributed by atoms with van der Waals surface area (Å²) in [6.07, 6.45) is -2.04. The first kappa shape index (κ1) is 11.7. The molecule has 0 bridgehead atoms. The minimum atomic E-state index is -4.41. The van der Waals surface area contributed by atoms with Gasteiger partial charge in [-0.2, -0.15) is 13.2 Å². The van der Waals surface area contributed by atoms with Crippen LogP contribution in [0.1, 0.15) is 18.4 Å². The maximum atomic E-state index is 12.8. The van der Waals surface area contributed by atoms with E-state index in [1.165, 1.54) is 18.2 Å². The molecular formula is C11H12F3OP. The number of rotatable bonds is 1.